The van der Waals surface area contributed by atoms with Gasteiger partial charge in [0, 0.05) is 106 Å². The van der Waals surface area contributed by atoms with E-state index < -0.39 is 33.6 Å². The summed E-state index contributed by atoms with van der Waals surface area (Å²) in [7, 11) is -4.84. The van der Waals surface area contributed by atoms with Crippen LogP contribution in [0.3, 0.4) is 0 Å². The van der Waals surface area contributed by atoms with Crippen LogP contribution in [0.15, 0.2) is 140 Å². The summed E-state index contributed by atoms with van der Waals surface area (Å²) in [6.45, 7) is 0.644. The average Bonchev–Trinajstić information content (AvgIpc) is 4.15. The molecule has 1 aliphatic heterocycles. The number of pyridine rings is 2. The summed E-state index contributed by atoms with van der Waals surface area (Å²) in [4.78, 5) is 71.0. The van der Waals surface area contributed by atoms with Gasteiger partial charge in [0.15, 0.2) is 5.78 Å². The van der Waals surface area contributed by atoms with Crippen molar-refractivity contribution in [2.75, 3.05) is 25.5 Å². The predicted molar refractivity (Wildman–Crippen MR) is 247 cm³/mol. The zero-order valence-electron chi connectivity index (χ0n) is 36.7. The molecule has 0 bridgehead atoms. The van der Waals surface area contributed by atoms with Crippen LogP contribution < -0.4 is 5.32 Å². The number of benzene rings is 3. The van der Waals surface area contributed by atoms with Crippen molar-refractivity contribution in [3.63, 3.8) is 0 Å². The van der Waals surface area contributed by atoms with Gasteiger partial charge in [-0.2, -0.15) is 58.7 Å². The molecular weight excluding hydrogens is 1070 g/mol. The van der Waals surface area contributed by atoms with Crippen molar-refractivity contribution in [3.05, 3.63) is 158 Å². The Morgan fingerprint density at radius 1 is 0.691 bits per heavy atom. The van der Waals surface area contributed by atoms with Crippen LogP contribution in [-0.4, -0.2) is 108 Å². The number of carbonyl (C=O) groups is 5. The molecule has 355 valence electrons. The third-order valence-electron chi connectivity index (χ3n) is 10.2. The quantitative estimate of drug-likeness (QED) is 0.0324. The van der Waals surface area contributed by atoms with Gasteiger partial charge in [0.1, 0.15) is 11.8 Å². The van der Waals surface area contributed by atoms with E-state index in [0.29, 0.717) is 61.6 Å². The molecular formula is C49H47IrN8O9S-3. The number of hydrogen-bond acceptors (Lipinski definition) is 13. The molecule has 0 saturated carbocycles. The molecule has 1 unspecified atom stereocenters. The van der Waals surface area contributed by atoms with Gasteiger partial charge in [0.05, 0.1) is 45.6 Å². The maximum absolute atomic E-state index is 13.2. The monoisotopic (exact) mass is 1120 g/mol. The van der Waals surface area contributed by atoms with Gasteiger partial charge in [-0.15, -0.1) is 12.1 Å². The number of carbonyl (C=O) groups excluding carboxylic acids is 5. The molecule has 1 aliphatic rings. The van der Waals surface area contributed by atoms with Crippen molar-refractivity contribution in [1.29, 1.82) is 0 Å². The summed E-state index contributed by atoms with van der Waals surface area (Å²) in [6.07, 6.45) is 15.1. The van der Waals surface area contributed by atoms with Crippen molar-refractivity contribution in [1.82, 2.24) is 39.7 Å². The molecule has 7 aromatic rings. The van der Waals surface area contributed by atoms with Crippen molar-refractivity contribution in [3.8, 4) is 11.4 Å². The Balaban J connectivity index is 0.000000301. The number of nitrogens with zero attached hydrogens (tertiary/aromatic N) is 7. The molecule has 1 radical (unpaired) electrons. The molecule has 4 aromatic heterocycles. The van der Waals surface area contributed by atoms with E-state index >= 15 is 0 Å². The molecule has 1 atom stereocenters. The van der Waals surface area contributed by atoms with Crippen LogP contribution in [0.25, 0.3) is 33.2 Å². The Bertz CT molecular complexity index is 2800. The van der Waals surface area contributed by atoms with Crippen molar-refractivity contribution < 1.29 is 61.8 Å². The van der Waals surface area contributed by atoms with Crippen LogP contribution in [-0.2, 0) is 54.1 Å². The van der Waals surface area contributed by atoms with Gasteiger partial charge >= 0.3 is 0 Å². The molecule has 17 nitrogen and oxygen atoms in total. The molecule has 68 heavy (non-hydrogen) atoms. The number of Topliss-reactive ketones (excluding diaryl/α,β-unsaturated/α-hetero) is 2. The Morgan fingerprint density at radius 2 is 1.32 bits per heavy atom. The number of rotatable bonds is 20. The number of fused-ring (bicyclic) bond motifs is 3. The fourth-order valence-corrected chi connectivity index (χ4v) is 7.54. The van der Waals surface area contributed by atoms with Crippen molar-refractivity contribution in [2.24, 2.45) is 0 Å². The Labute approximate surface area is 406 Å². The van der Waals surface area contributed by atoms with E-state index in [0.717, 1.165) is 21.7 Å². The fourth-order valence-electron chi connectivity index (χ4n) is 6.86. The van der Waals surface area contributed by atoms with Gasteiger partial charge in [0.2, 0.25) is 0 Å². The number of para-hydroxylation sites is 2. The fraction of sp³-hybridized carbons (Fsp3) is 0.245. The number of ether oxygens (including phenoxy) is 1. The number of aromatic nitrogens is 6. The topological polar surface area (TPSA) is 228 Å². The summed E-state index contributed by atoms with van der Waals surface area (Å²) in [5.74, 6) is -3.11. The van der Waals surface area contributed by atoms with Crippen LogP contribution >= 0.6 is 0 Å². The van der Waals surface area contributed by atoms with Crippen LogP contribution in [0.4, 0.5) is 0 Å². The first-order valence-electron chi connectivity index (χ1n) is 21.4. The van der Waals surface area contributed by atoms with Gasteiger partial charge in [-0.05, 0) is 54.9 Å². The second kappa shape index (κ2) is 26.4. The van der Waals surface area contributed by atoms with Crippen LogP contribution in [0.2, 0.25) is 0 Å². The van der Waals surface area contributed by atoms with Gasteiger partial charge < -0.3 is 14.6 Å². The molecule has 3 amide bonds. The SMILES string of the molecule is O=C(CCCCCC(=O)C(CS(=O)(=O)[O-])NC(=O)c1ccnc2c1ccc1cccnc12)CCCOCCN1C(=O)C=CC1=O.[Ir].[c-]1ccccc1-n1cccn1.[c-]1ccccc1-n1cccn1. The molecule has 8 rings (SSSR count). The Hall–Kier alpha value is -6.89. The minimum Gasteiger partial charge on any atom is -0.748 e. The average molecular weight is 1120 g/mol. The number of imide groups is 1. The van der Waals surface area contributed by atoms with Crippen LogP contribution in [0.1, 0.15) is 55.3 Å². The van der Waals surface area contributed by atoms with Gasteiger partial charge in [-0.1, -0.05) is 24.6 Å². The molecule has 0 aliphatic carbocycles. The van der Waals surface area contributed by atoms with E-state index in [9.17, 15) is 36.9 Å². The summed E-state index contributed by atoms with van der Waals surface area (Å²) >= 11 is 0. The molecule has 0 fully saturated rings. The Morgan fingerprint density at radius 3 is 1.93 bits per heavy atom. The van der Waals surface area contributed by atoms with Gasteiger partial charge in [-0.25, -0.2) is 8.42 Å². The largest absolute Gasteiger partial charge is 0.748 e. The molecule has 5 heterocycles. The maximum Gasteiger partial charge on any atom is 0.253 e. The first-order valence-corrected chi connectivity index (χ1v) is 23.0. The zero-order chi connectivity index (χ0) is 47.4. The minimum atomic E-state index is -4.84. The molecule has 3 aromatic carbocycles. The van der Waals surface area contributed by atoms with Crippen molar-refractivity contribution >= 4 is 61.2 Å². The zero-order valence-corrected chi connectivity index (χ0v) is 39.9. The minimum absolute atomic E-state index is 0. The van der Waals surface area contributed by atoms with E-state index in [1.54, 1.807) is 46.2 Å². The summed E-state index contributed by atoms with van der Waals surface area (Å²) in [6, 6.07) is 32.4. The number of ketones is 2. The smallest absolute Gasteiger partial charge is 0.253 e. The molecule has 0 saturated heterocycles. The van der Waals surface area contributed by atoms with Gasteiger partial charge in [-0.3, -0.25) is 48.2 Å². The van der Waals surface area contributed by atoms with Gasteiger partial charge in [0.25, 0.3) is 17.7 Å². The Kier molecular flexibility index (Phi) is 20.3. The first-order chi connectivity index (χ1) is 32.5. The first kappa shape index (κ1) is 52.1. The number of amides is 3. The molecule has 19 heteroatoms. The van der Waals surface area contributed by atoms with Crippen LogP contribution in [0, 0.1) is 12.1 Å². The van der Waals surface area contributed by atoms with E-state index in [1.165, 1.54) is 24.4 Å². The molecule has 1 N–H and O–H groups in total. The second-order valence-electron chi connectivity index (χ2n) is 15.0. The molecule has 0 spiro atoms. The van der Waals surface area contributed by atoms with E-state index in [4.69, 9.17) is 4.74 Å². The van der Waals surface area contributed by atoms with E-state index in [2.05, 4.69) is 37.6 Å². The summed E-state index contributed by atoms with van der Waals surface area (Å²) in [5.41, 5.74) is 3.14. The number of nitrogens with one attached hydrogen (secondary N) is 1. The summed E-state index contributed by atoms with van der Waals surface area (Å²) in [5, 5.41) is 11.8. The second-order valence-corrected chi connectivity index (χ2v) is 16.4. The van der Waals surface area contributed by atoms with E-state index in [-0.39, 0.29) is 62.8 Å². The summed E-state index contributed by atoms with van der Waals surface area (Å²) < 4.78 is 43.6. The third kappa shape index (κ3) is 15.9. The van der Waals surface area contributed by atoms with Crippen LogP contribution in [0.5, 0.6) is 0 Å². The normalized spacial score (nSPS) is 12.4. The number of unbranched alkanes of at least 4 members (excludes halogenated alkanes) is 2. The standard InChI is InChI=1S/C31H34N4O9S.2C9H7N2.Ir/c36-22(8-5-18-44-19-17-35-27(38)12-13-28(35)39)7-2-1-3-9-26(37)25(20-45(41,42)43)34-31(40)24-14-16-33-30-23(24)11-10-21-6-4-15-32-29(21)30;2*1-2-5-9(6-3-1)11-8-4-7-10-11;/h4,6,10-16,25H,1-3,5,7-9,17-20H2,(H,34,40)(H,41,42,43);2*1-5,7-8H;/q;2*-1;/p-1. The third-order valence-corrected chi connectivity index (χ3v) is 10.9. The van der Waals surface area contributed by atoms with Crippen molar-refractivity contribution in [2.45, 2.75) is 51.0 Å². The predicted octanol–water partition coefficient (Wildman–Crippen LogP) is 5.58. The van der Waals surface area contributed by atoms with E-state index in [1.807, 2.05) is 79.1 Å². The maximum atomic E-state index is 13.2. The number of hydrogen-bond donors (Lipinski definition) is 1.